The maximum Gasteiger partial charge on any atom is 0.243 e. The van der Waals surface area contributed by atoms with Gasteiger partial charge in [0.05, 0.1) is 25.2 Å². The van der Waals surface area contributed by atoms with E-state index in [1.807, 2.05) is 0 Å². The molecule has 0 aromatic heterocycles. The summed E-state index contributed by atoms with van der Waals surface area (Å²) in [6.45, 7) is 1.66. The second kappa shape index (κ2) is 7.86. The summed E-state index contributed by atoms with van der Waals surface area (Å²) in [6, 6.07) is 11.8. The maximum atomic E-state index is 12.7. The van der Waals surface area contributed by atoms with Gasteiger partial charge in [0, 0.05) is 13.6 Å². The topological polar surface area (TPSA) is 76.1 Å². The lowest BCUT2D eigenvalue weighted by Crippen LogP contribution is -2.31. The quantitative estimate of drug-likeness (QED) is 0.815. The standard InChI is InChI=1S/C18H23NO5S/c1-13-7-5-6-8-18(13)25(21,22)19(2)12-15(20)14-9-10-16(23-3)17(11-14)24-4/h5-11,15,20H,12H2,1-4H3. The van der Waals surface area contributed by atoms with Crippen LogP contribution in [0.1, 0.15) is 17.2 Å². The monoisotopic (exact) mass is 365 g/mol. The molecule has 1 atom stereocenters. The highest BCUT2D eigenvalue weighted by Gasteiger charge is 2.25. The normalized spacial score (nSPS) is 12.9. The van der Waals surface area contributed by atoms with Gasteiger partial charge in [0.25, 0.3) is 0 Å². The van der Waals surface area contributed by atoms with Crippen LogP contribution in [0.15, 0.2) is 47.4 Å². The average molecular weight is 365 g/mol. The minimum atomic E-state index is -3.68. The Morgan fingerprint density at radius 1 is 1.08 bits per heavy atom. The largest absolute Gasteiger partial charge is 0.493 e. The Bertz CT molecular complexity index is 835. The van der Waals surface area contributed by atoms with Crippen molar-refractivity contribution >= 4 is 10.0 Å². The number of aryl methyl sites for hydroxylation is 1. The third kappa shape index (κ3) is 4.12. The fourth-order valence-electron chi connectivity index (χ4n) is 2.52. The van der Waals surface area contributed by atoms with Crippen LogP contribution < -0.4 is 9.47 Å². The van der Waals surface area contributed by atoms with E-state index in [0.717, 1.165) is 4.31 Å². The zero-order valence-corrected chi connectivity index (χ0v) is 15.6. The molecule has 136 valence electrons. The second-order valence-corrected chi connectivity index (χ2v) is 7.69. The van der Waals surface area contributed by atoms with E-state index in [2.05, 4.69) is 0 Å². The van der Waals surface area contributed by atoms with Crippen LogP contribution in [0.3, 0.4) is 0 Å². The minimum Gasteiger partial charge on any atom is -0.493 e. The summed E-state index contributed by atoms with van der Waals surface area (Å²) in [5.41, 5.74) is 1.21. The molecule has 2 aromatic rings. The van der Waals surface area contributed by atoms with Gasteiger partial charge in [-0.3, -0.25) is 0 Å². The lowest BCUT2D eigenvalue weighted by Gasteiger charge is -2.22. The first kappa shape index (κ1) is 19.2. The molecule has 25 heavy (non-hydrogen) atoms. The van der Waals surface area contributed by atoms with Gasteiger partial charge < -0.3 is 14.6 Å². The average Bonchev–Trinajstić information content (AvgIpc) is 2.61. The number of nitrogens with zero attached hydrogens (tertiary/aromatic N) is 1. The Morgan fingerprint density at radius 2 is 1.72 bits per heavy atom. The Morgan fingerprint density at radius 3 is 2.32 bits per heavy atom. The number of sulfonamides is 1. The Labute approximate surface area is 148 Å². The summed E-state index contributed by atoms with van der Waals surface area (Å²) >= 11 is 0. The van der Waals surface area contributed by atoms with Gasteiger partial charge in [0.15, 0.2) is 11.5 Å². The molecule has 0 radical (unpaired) electrons. The van der Waals surface area contributed by atoms with Gasteiger partial charge >= 0.3 is 0 Å². The molecule has 0 saturated carbocycles. The molecule has 0 amide bonds. The van der Waals surface area contributed by atoms with Gasteiger partial charge in [0.1, 0.15) is 0 Å². The van der Waals surface area contributed by atoms with Gasteiger partial charge in [-0.15, -0.1) is 0 Å². The lowest BCUT2D eigenvalue weighted by atomic mass is 10.1. The Balaban J connectivity index is 2.22. The number of methoxy groups -OCH3 is 2. The predicted molar refractivity (Wildman–Crippen MR) is 95.5 cm³/mol. The summed E-state index contributed by atoms with van der Waals surface area (Å²) in [4.78, 5) is 0.233. The van der Waals surface area contributed by atoms with Crippen molar-refractivity contribution in [2.45, 2.75) is 17.9 Å². The molecule has 2 aromatic carbocycles. The Hall–Kier alpha value is -2.09. The third-order valence-electron chi connectivity index (χ3n) is 4.00. The summed E-state index contributed by atoms with van der Waals surface area (Å²) < 4.78 is 37.0. The smallest absolute Gasteiger partial charge is 0.243 e. The van der Waals surface area contributed by atoms with Gasteiger partial charge in [0.2, 0.25) is 10.0 Å². The highest BCUT2D eigenvalue weighted by Crippen LogP contribution is 2.30. The maximum absolute atomic E-state index is 12.7. The number of hydrogen-bond acceptors (Lipinski definition) is 5. The van der Waals surface area contributed by atoms with E-state index in [1.54, 1.807) is 49.4 Å². The molecule has 1 N–H and O–H groups in total. The molecule has 2 rings (SSSR count). The number of ether oxygens (including phenoxy) is 2. The highest BCUT2D eigenvalue weighted by atomic mass is 32.2. The second-order valence-electron chi connectivity index (χ2n) is 5.68. The van der Waals surface area contributed by atoms with Crippen LogP contribution in [0.25, 0.3) is 0 Å². The highest BCUT2D eigenvalue weighted by molar-refractivity contribution is 7.89. The molecular formula is C18H23NO5S. The summed E-state index contributed by atoms with van der Waals surface area (Å²) in [5.74, 6) is 1.02. The van der Waals surface area contributed by atoms with Crippen molar-refractivity contribution in [2.24, 2.45) is 0 Å². The number of rotatable bonds is 7. The van der Waals surface area contributed by atoms with E-state index in [1.165, 1.54) is 21.3 Å². The molecule has 6 nitrogen and oxygen atoms in total. The predicted octanol–water partition coefficient (Wildman–Crippen LogP) is 2.37. The molecule has 0 aliphatic rings. The molecule has 1 unspecified atom stereocenters. The number of likely N-dealkylation sites (N-methyl/N-ethyl adjacent to an activating group) is 1. The molecule has 0 fully saturated rings. The number of benzene rings is 2. The van der Waals surface area contributed by atoms with Gasteiger partial charge in [-0.2, -0.15) is 4.31 Å². The van der Waals surface area contributed by atoms with Crippen LogP contribution in [-0.2, 0) is 10.0 Å². The van der Waals surface area contributed by atoms with Crippen molar-refractivity contribution < 1.29 is 23.0 Å². The molecule has 0 bridgehead atoms. The van der Waals surface area contributed by atoms with Crippen LogP contribution in [-0.4, -0.2) is 45.6 Å². The molecular weight excluding hydrogens is 342 g/mol. The molecule has 7 heteroatoms. The van der Waals surface area contributed by atoms with Gasteiger partial charge in [-0.05, 0) is 36.2 Å². The van der Waals surface area contributed by atoms with E-state index in [4.69, 9.17) is 9.47 Å². The van der Waals surface area contributed by atoms with Crippen molar-refractivity contribution in [1.82, 2.24) is 4.31 Å². The van der Waals surface area contributed by atoms with Crippen molar-refractivity contribution in [1.29, 1.82) is 0 Å². The van der Waals surface area contributed by atoms with Gasteiger partial charge in [-0.1, -0.05) is 24.3 Å². The fraction of sp³-hybridized carbons (Fsp3) is 0.333. The van der Waals surface area contributed by atoms with E-state index in [9.17, 15) is 13.5 Å². The van der Waals surface area contributed by atoms with E-state index in [0.29, 0.717) is 22.6 Å². The SMILES string of the molecule is COc1ccc(C(O)CN(C)S(=O)(=O)c2ccccc2C)cc1OC. The van der Waals surface area contributed by atoms with Gasteiger partial charge in [-0.25, -0.2) is 8.42 Å². The number of hydrogen-bond donors (Lipinski definition) is 1. The number of aliphatic hydroxyl groups is 1. The first-order valence-electron chi connectivity index (χ1n) is 7.73. The van der Waals surface area contributed by atoms with Crippen molar-refractivity contribution in [3.05, 3.63) is 53.6 Å². The van der Waals surface area contributed by atoms with Crippen LogP contribution in [0.4, 0.5) is 0 Å². The van der Waals surface area contributed by atoms with Crippen LogP contribution in [0.2, 0.25) is 0 Å². The summed E-state index contributed by atoms with van der Waals surface area (Å²) in [5, 5.41) is 10.5. The van der Waals surface area contributed by atoms with Crippen molar-refractivity contribution in [3.63, 3.8) is 0 Å². The fourth-order valence-corrected chi connectivity index (χ4v) is 3.92. The number of aliphatic hydroxyl groups excluding tert-OH is 1. The van der Waals surface area contributed by atoms with Crippen molar-refractivity contribution in [2.75, 3.05) is 27.8 Å². The molecule has 0 heterocycles. The third-order valence-corrected chi connectivity index (χ3v) is 5.99. The molecule has 0 aliphatic heterocycles. The Kier molecular flexibility index (Phi) is 6.05. The first-order valence-corrected chi connectivity index (χ1v) is 9.17. The molecule has 0 saturated heterocycles. The van der Waals surface area contributed by atoms with Crippen LogP contribution >= 0.6 is 0 Å². The minimum absolute atomic E-state index is 0.0772. The molecule has 0 spiro atoms. The lowest BCUT2D eigenvalue weighted by molar-refractivity contribution is 0.154. The van der Waals surface area contributed by atoms with Crippen molar-refractivity contribution in [3.8, 4) is 11.5 Å². The van der Waals surface area contributed by atoms with Crippen LogP contribution in [0, 0.1) is 6.92 Å². The summed E-state index contributed by atoms with van der Waals surface area (Å²) in [6.07, 6.45) is -0.997. The molecule has 0 aliphatic carbocycles. The van der Waals surface area contributed by atoms with Crippen LogP contribution in [0.5, 0.6) is 11.5 Å². The van der Waals surface area contributed by atoms with E-state index >= 15 is 0 Å². The first-order chi connectivity index (χ1) is 11.8. The van der Waals surface area contributed by atoms with E-state index < -0.39 is 16.1 Å². The van der Waals surface area contributed by atoms with E-state index in [-0.39, 0.29) is 11.4 Å². The zero-order valence-electron chi connectivity index (χ0n) is 14.8. The zero-order chi connectivity index (χ0) is 18.6. The summed E-state index contributed by atoms with van der Waals surface area (Å²) in [7, 11) is 0.793.